The zero-order valence-electron chi connectivity index (χ0n) is 14.5. The minimum atomic E-state index is -0.358. The molecule has 25 heavy (non-hydrogen) atoms. The Balaban J connectivity index is 1.82. The second-order valence-corrected chi connectivity index (χ2v) is 6.47. The molecule has 0 radical (unpaired) electrons. The third-order valence-electron chi connectivity index (χ3n) is 4.86. The third-order valence-corrected chi connectivity index (χ3v) is 4.86. The smallest absolute Gasteiger partial charge is 0.353 e. The van der Waals surface area contributed by atoms with Crippen LogP contribution in [0.25, 0.3) is 0 Å². The fraction of sp³-hybridized carbons (Fsp3) is 0.733. The molecule has 10 nitrogen and oxygen atoms in total. The largest absolute Gasteiger partial charge is 0.395 e. The number of aliphatic hydroxyl groups is 1. The quantitative estimate of drug-likeness (QED) is 0.542. The first-order valence-corrected chi connectivity index (χ1v) is 8.61. The summed E-state index contributed by atoms with van der Waals surface area (Å²) in [7, 11) is 2.04. The lowest BCUT2D eigenvalue weighted by atomic mass is 10.2. The molecular formula is C15H25N7O3. The number of rotatable bonds is 5. The maximum absolute atomic E-state index is 11.8. The number of hydrogen-bond acceptors (Lipinski definition) is 9. The number of aromatic nitrogens is 2. The van der Waals surface area contributed by atoms with E-state index in [-0.39, 0.29) is 17.2 Å². The van der Waals surface area contributed by atoms with Crippen LogP contribution in [0.4, 0.5) is 17.3 Å². The summed E-state index contributed by atoms with van der Waals surface area (Å²) in [5, 5.41) is 20.8. The average Bonchev–Trinajstić information content (AvgIpc) is 2.62. The number of nitrogens with zero attached hydrogens (tertiary/aromatic N) is 7. The number of hydrogen-bond donors (Lipinski definition) is 1. The van der Waals surface area contributed by atoms with Crippen molar-refractivity contribution in [2.75, 3.05) is 82.4 Å². The van der Waals surface area contributed by atoms with E-state index in [2.05, 4.69) is 19.8 Å². The molecule has 0 bridgehead atoms. The molecular weight excluding hydrogens is 326 g/mol. The SMILES string of the molecule is CN1CCN(c2ncnc(N3CCN(CCO)CC3)c2[N+](=O)[O-])CC1. The molecule has 0 spiro atoms. The van der Waals surface area contributed by atoms with Crippen LogP contribution in [0.2, 0.25) is 0 Å². The van der Waals surface area contributed by atoms with Crippen LogP contribution in [-0.2, 0) is 0 Å². The second kappa shape index (κ2) is 7.89. The molecule has 0 saturated carbocycles. The molecule has 1 aromatic rings. The van der Waals surface area contributed by atoms with Crippen LogP contribution in [0.5, 0.6) is 0 Å². The van der Waals surface area contributed by atoms with Crippen molar-refractivity contribution in [3.63, 3.8) is 0 Å². The number of β-amino-alcohol motifs (C(OH)–C–C–N with tert-alkyl or cyclic N) is 1. The first kappa shape index (κ1) is 17.8. The Bertz CT molecular complexity index is 599. The third kappa shape index (κ3) is 3.97. The van der Waals surface area contributed by atoms with Crippen molar-refractivity contribution in [3.8, 4) is 0 Å². The van der Waals surface area contributed by atoms with Gasteiger partial charge in [0.25, 0.3) is 0 Å². The summed E-state index contributed by atoms with van der Waals surface area (Å²) in [6.45, 7) is 6.73. The number of aliphatic hydroxyl groups excluding tert-OH is 1. The van der Waals surface area contributed by atoms with Gasteiger partial charge in [-0.15, -0.1) is 0 Å². The van der Waals surface area contributed by atoms with Crippen LogP contribution >= 0.6 is 0 Å². The maximum Gasteiger partial charge on any atom is 0.353 e. The van der Waals surface area contributed by atoms with Crippen molar-refractivity contribution in [1.82, 2.24) is 19.8 Å². The topological polar surface area (TPSA) is 102 Å². The van der Waals surface area contributed by atoms with Gasteiger partial charge in [0.2, 0.25) is 11.6 Å². The lowest BCUT2D eigenvalue weighted by molar-refractivity contribution is -0.383. The van der Waals surface area contributed by atoms with Crippen molar-refractivity contribution in [1.29, 1.82) is 0 Å². The summed E-state index contributed by atoms with van der Waals surface area (Å²) >= 11 is 0. The van der Waals surface area contributed by atoms with E-state index in [1.807, 2.05) is 16.8 Å². The fourth-order valence-electron chi connectivity index (χ4n) is 3.33. The van der Waals surface area contributed by atoms with Crippen molar-refractivity contribution < 1.29 is 10.0 Å². The van der Waals surface area contributed by atoms with Gasteiger partial charge in [-0.05, 0) is 7.05 Å². The van der Waals surface area contributed by atoms with Crippen molar-refractivity contribution in [2.24, 2.45) is 0 Å². The van der Waals surface area contributed by atoms with E-state index < -0.39 is 0 Å². The molecule has 2 fully saturated rings. The molecule has 1 N–H and O–H groups in total. The highest BCUT2D eigenvalue weighted by Gasteiger charge is 2.32. The van der Waals surface area contributed by atoms with E-state index >= 15 is 0 Å². The van der Waals surface area contributed by atoms with E-state index in [1.165, 1.54) is 6.33 Å². The number of likely N-dealkylation sites (N-methyl/N-ethyl adjacent to an activating group) is 1. The van der Waals surface area contributed by atoms with Crippen LogP contribution in [0.15, 0.2) is 6.33 Å². The van der Waals surface area contributed by atoms with Crippen LogP contribution in [-0.4, -0.2) is 102 Å². The van der Waals surface area contributed by atoms with E-state index in [0.29, 0.717) is 31.3 Å². The zero-order valence-corrected chi connectivity index (χ0v) is 14.5. The standard InChI is InChI=1S/C15H25N7O3/c1-18-2-6-20(7-3-18)14-13(22(24)25)15(17-12-16-14)21-8-4-19(5-9-21)10-11-23/h12,23H,2-11H2,1H3. The highest BCUT2D eigenvalue weighted by molar-refractivity contribution is 5.71. The van der Waals surface area contributed by atoms with Crippen molar-refractivity contribution in [2.45, 2.75) is 0 Å². The van der Waals surface area contributed by atoms with Gasteiger partial charge in [0, 0.05) is 58.9 Å². The van der Waals surface area contributed by atoms with Crippen LogP contribution < -0.4 is 9.80 Å². The molecule has 2 saturated heterocycles. The van der Waals surface area contributed by atoms with Gasteiger partial charge in [-0.3, -0.25) is 15.0 Å². The summed E-state index contributed by atoms with van der Waals surface area (Å²) in [6.07, 6.45) is 1.43. The number of piperazine rings is 2. The molecule has 1 aromatic heterocycles. The van der Waals surface area contributed by atoms with Crippen LogP contribution in [0.3, 0.4) is 0 Å². The molecule has 0 unspecified atom stereocenters. The van der Waals surface area contributed by atoms with Crippen molar-refractivity contribution in [3.05, 3.63) is 16.4 Å². The van der Waals surface area contributed by atoms with E-state index in [4.69, 9.17) is 5.11 Å². The van der Waals surface area contributed by atoms with Gasteiger partial charge in [-0.1, -0.05) is 0 Å². The van der Waals surface area contributed by atoms with Gasteiger partial charge in [-0.25, -0.2) is 9.97 Å². The molecule has 138 valence electrons. The highest BCUT2D eigenvalue weighted by atomic mass is 16.6. The minimum absolute atomic E-state index is 0.00246. The van der Waals surface area contributed by atoms with Crippen LogP contribution in [0, 0.1) is 10.1 Å². The Kier molecular flexibility index (Phi) is 5.61. The van der Waals surface area contributed by atoms with Gasteiger partial charge in [-0.2, -0.15) is 0 Å². The summed E-state index contributed by atoms with van der Waals surface area (Å²) in [6, 6.07) is 0. The zero-order chi connectivity index (χ0) is 17.8. The summed E-state index contributed by atoms with van der Waals surface area (Å²) < 4.78 is 0. The van der Waals surface area contributed by atoms with Crippen LogP contribution in [0.1, 0.15) is 0 Å². The first-order chi connectivity index (χ1) is 12.1. The Morgan fingerprint density at radius 1 is 1.04 bits per heavy atom. The summed E-state index contributed by atoms with van der Waals surface area (Å²) in [5.74, 6) is 0.818. The second-order valence-electron chi connectivity index (χ2n) is 6.47. The molecule has 2 aliphatic heterocycles. The lowest BCUT2D eigenvalue weighted by Crippen LogP contribution is -2.48. The Morgan fingerprint density at radius 3 is 2.04 bits per heavy atom. The molecule has 0 aliphatic carbocycles. The van der Waals surface area contributed by atoms with E-state index in [1.54, 1.807) is 0 Å². The summed E-state index contributed by atoms with van der Waals surface area (Å²) in [5.41, 5.74) is 0.00246. The lowest BCUT2D eigenvalue weighted by Gasteiger charge is -2.36. The average molecular weight is 351 g/mol. The molecule has 10 heteroatoms. The molecule has 3 heterocycles. The summed E-state index contributed by atoms with van der Waals surface area (Å²) in [4.78, 5) is 28.2. The van der Waals surface area contributed by atoms with Crippen molar-refractivity contribution >= 4 is 17.3 Å². The monoisotopic (exact) mass is 351 g/mol. The van der Waals surface area contributed by atoms with Gasteiger partial charge >= 0.3 is 5.69 Å². The molecule has 3 rings (SSSR count). The Hall–Kier alpha value is -2.04. The fourth-order valence-corrected chi connectivity index (χ4v) is 3.33. The predicted octanol–water partition coefficient (Wildman–Crippen LogP) is -0.749. The Labute approximate surface area is 146 Å². The van der Waals surface area contributed by atoms with Gasteiger partial charge < -0.3 is 19.8 Å². The normalized spacial score (nSPS) is 20.1. The minimum Gasteiger partial charge on any atom is -0.395 e. The van der Waals surface area contributed by atoms with Gasteiger partial charge in [0.05, 0.1) is 11.5 Å². The molecule has 0 aromatic carbocycles. The van der Waals surface area contributed by atoms with Gasteiger partial charge in [0.1, 0.15) is 6.33 Å². The van der Waals surface area contributed by atoms with E-state index in [0.717, 1.165) is 39.3 Å². The molecule has 0 amide bonds. The predicted molar refractivity (Wildman–Crippen MR) is 94.1 cm³/mol. The van der Waals surface area contributed by atoms with Gasteiger partial charge in [0.15, 0.2) is 0 Å². The Morgan fingerprint density at radius 2 is 1.56 bits per heavy atom. The molecule has 0 atom stereocenters. The van der Waals surface area contributed by atoms with E-state index in [9.17, 15) is 10.1 Å². The molecule has 2 aliphatic rings. The number of anilines is 2. The highest BCUT2D eigenvalue weighted by Crippen LogP contribution is 2.34. The maximum atomic E-state index is 11.8. The number of nitro groups is 1. The first-order valence-electron chi connectivity index (χ1n) is 8.61.